The highest BCUT2D eigenvalue weighted by Crippen LogP contribution is 2.04. The van der Waals surface area contributed by atoms with Gasteiger partial charge in [0.1, 0.15) is 0 Å². The first-order valence-corrected chi connectivity index (χ1v) is 2.64. The van der Waals surface area contributed by atoms with E-state index in [1.165, 1.54) is 6.26 Å². The first-order chi connectivity index (χ1) is 4.34. The van der Waals surface area contributed by atoms with Gasteiger partial charge in [0.2, 0.25) is 5.17 Å². The third kappa shape index (κ3) is 1.23. The number of halogens is 1. The summed E-state index contributed by atoms with van der Waals surface area (Å²) in [4.78, 5) is 0. The number of furan rings is 1. The summed E-state index contributed by atoms with van der Waals surface area (Å²) in [5, 5.41) is 10.8. The van der Waals surface area contributed by atoms with Crippen LogP contribution in [0.5, 0.6) is 0 Å². The molecule has 0 aliphatic rings. The lowest BCUT2D eigenvalue weighted by Gasteiger charge is -1.84. The second-order valence-electron chi connectivity index (χ2n) is 1.37. The van der Waals surface area contributed by atoms with Crippen molar-refractivity contribution in [3.05, 3.63) is 24.2 Å². The highest BCUT2D eigenvalue weighted by Gasteiger charge is 2.00. The minimum absolute atomic E-state index is 0.0417. The van der Waals surface area contributed by atoms with Crippen LogP contribution in [0.25, 0.3) is 0 Å². The fraction of sp³-hybridized carbons (Fsp3) is 0. The van der Waals surface area contributed by atoms with Crippen LogP contribution in [0.2, 0.25) is 0 Å². The molecular formula is C5H4ClNO2. The molecule has 4 heteroatoms. The molecule has 1 heterocycles. The first-order valence-electron chi connectivity index (χ1n) is 2.26. The third-order valence-electron chi connectivity index (χ3n) is 0.812. The van der Waals surface area contributed by atoms with Gasteiger partial charge in [0, 0.05) is 0 Å². The summed E-state index contributed by atoms with van der Waals surface area (Å²) < 4.78 is 4.76. The van der Waals surface area contributed by atoms with Gasteiger partial charge in [-0.1, -0.05) is 16.8 Å². The van der Waals surface area contributed by atoms with E-state index in [1.807, 2.05) is 0 Å². The SMILES string of the molecule is O/N=C(/Cl)c1ccco1. The molecule has 1 aromatic rings. The minimum Gasteiger partial charge on any atom is -0.462 e. The Morgan fingerprint density at radius 1 is 1.78 bits per heavy atom. The van der Waals surface area contributed by atoms with Gasteiger partial charge >= 0.3 is 0 Å². The largest absolute Gasteiger partial charge is 0.462 e. The fourth-order valence-corrected chi connectivity index (χ4v) is 0.553. The summed E-state index contributed by atoms with van der Waals surface area (Å²) >= 11 is 5.34. The normalized spacial score (nSPS) is 11.9. The number of nitrogens with zero attached hydrogens (tertiary/aromatic N) is 1. The van der Waals surface area contributed by atoms with Gasteiger partial charge in [0.05, 0.1) is 6.26 Å². The van der Waals surface area contributed by atoms with Gasteiger partial charge in [-0.3, -0.25) is 0 Å². The maximum atomic E-state index is 8.10. The zero-order valence-electron chi connectivity index (χ0n) is 4.41. The summed E-state index contributed by atoms with van der Waals surface area (Å²) in [5.41, 5.74) is 0. The van der Waals surface area contributed by atoms with Gasteiger partial charge in [0.25, 0.3) is 0 Å². The second kappa shape index (κ2) is 2.55. The van der Waals surface area contributed by atoms with Crippen molar-refractivity contribution in [1.82, 2.24) is 0 Å². The molecule has 0 amide bonds. The number of oxime groups is 1. The lowest BCUT2D eigenvalue weighted by molar-refractivity contribution is 0.319. The molecule has 0 saturated carbocycles. The molecule has 0 atom stereocenters. The lowest BCUT2D eigenvalue weighted by Crippen LogP contribution is -1.85. The average Bonchev–Trinajstić information content (AvgIpc) is 2.37. The molecule has 1 N–H and O–H groups in total. The number of hydrogen-bond donors (Lipinski definition) is 1. The van der Waals surface area contributed by atoms with E-state index >= 15 is 0 Å². The van der Waals surface area contributed by atoms with E-state index in [4.69, 9.17) is 21.2 Å². The summed E-state index contributed by atoms with van der Waals surface area (Å²) in [7, 11) is 0. The zero-order valence-corrected chi connectivity index (χ0v) is 5.17. The zero-order chi connectivity index (χ0) is 6.69. The molecule has 1 rings (SSSR count). The van der Waals surface area contributed by atoms with E-state index < -0.39 is 0 Å². The number of rotatable bonds is 1. The summed E-state index contributed by atoms with van der Waals surface area (Å²) in [6, 6.07) is 3.25. The van der Waals surface area contributed by atoms with Crippen molar-refractivity contribution in [3.8, 4) is 0 Å². The predicted molar refractivity (Wildman–Crippen MR) is 32.9 cm³/mol. The van der Waals surface area contributed by atoms with Crippen molar-refractivity contribution in [2.45, 2.75) is 0 Å². The molecule has 0 radical (unpaired) electrons. The summed E-state index contributed by atoms with van der Waals surface area (Å²) in [5.74, 6) is 0.360. The van der Waals surface area contributed by atoms with Crippen LogP contribution in [0.1, 0.15) is 5.76 Å². The van der Waals surface area contributed by atoms with Crippen LogP contribution in [0.3, 0.4) is 0 Å². The Labute approximate surface area is 56.5 Å². The van der Waals surface area contributed by atoms with Crippen LogP contribution >= 0.6 is 11.6 Å². The van der Waals surface area contributed by atoms with Gasteiger partial charge in [-0.15, -0.1) is 0 Å². The molecule has 0 bridgehead atoms. The molecule has 0 aliphatic heterocycles. The molecule has 48 valence electrons. The van der Waals surface area contributed by atoms with Crippen molar-refractivity contribution in [3.63, 3.8) is 0 Å². The lowest BCUT2D eigenvalue weighted by atomic mass is 10.5. The Balaban J connectivity index is 2.90. The maximum absolute atomic E-state index is 8.10. The van der Waals surface area contributed by atoms with Crippen molar-refractivity contribution in [2.24, 2.45) is 5.16 Å². The Bertz CT molecular complexity index is 205. The molecule has 0 unspecified atom stereocenters. The highest BCUT2D eigenvalue weighted by atomic mass is 35.5. The van der Waals surface area contributed by atoms with Crippen LogP contribution in [0, 0.1) is 0 Å². The fourth-order valence-electron chi connectivity index (χ4n) is 0.445. The van der Waals surface area contributed by atoms with Gasteiger partial charge in [-0.05, 0) is 12.1 Å². The Kier molecular flexibility index (Phi) is 1.75. The summed E-state index contributed by atoms with van der Waals surface area (Å²) in [6.07, 6.45) is 1.45. The van der Waals surface area contributed by atoms with Gasteiger partial charge < -0.3 is 9.62 Å². The molecule has 0 aliphatic carbocycles. The monoisotopic (exact) mass is 145 g/mol. The maximum Gasteiger partial charge on any atom is 0.210 e. The second-order valence-corrected chi connectivity index (χ2v) is 1.73. The Morgan fingerprint density at radius 2 is 2.56 bits per heavy atom. The van der Waals surface area contributed by atoms with Gasteiger partial charge in [0.15, 0.2) is 5.76 Å². The van der Waals surface area contributed by atoms with Gasteiger partial charge in [-0.25, -0.2) is 0 Å². The van der Waals surface area contributed by atoms with Crippen molar-refractivity contribution in [2.75, 3.05) is 0 Å². The number of hydrogen-bond acceptors (Lipinski definition) is 3. The molecule has 0 spiro atoms. The first kappa shape index (κ1) is 6.16. The van der Waals surface area contributed by atoms with Crippen molar-refractivity contribution in [1.29, 1.82) is 0 Å². The Hall–Kier alpha value is -0.960. The van der Waals surface area contributed by atoms with Crippen LogP contribution in [-0.4, -0.2) is 10.4 Å². The van der Waals surface area contributed by atoms with E-state index in [2.05, 4.69) is 5.16 Å². The molecule has 9 heavy (non-hydrogen) atoms. The quantitative estimate of drug-likeness (QED) is 0.371. The van der Waals surface area contributed by atoms with Crippen LogP contribution < -0.4 is 0 Å². The van der Waals surface area contributed by atoms with E-state index in [-0.39, 0.29) is 5.17 Å². The van der Waals surface area contributed by atoms with E-state index in [0.29, 0.717) is 5.76 Å². The predicted octanol–water partition coefficient (Wildman–Crippen LogP) is 1.65. The van der Waals surface area contributed by atoms with Gasteiger partial charge in [-0.2, -0.15) is 0 Å². The molecule has 3 nitrogen and oxygen atoms in total. The highest BCUT2D eigenvalue weighted by molar-refractivity contribution is 6.69. The average molecular weight is 146 g/mol. The van der Waals surface area contributed by atoms with Crippen molar-refractivity contribution < 1.29 is 9.62 Å². The van der Waals surface area contributed by atoms with Crippen LogP contribution in [-0.2, 0) is 0 Å². The molecule has 0 aromatic carbocycles. The topological polar surface area (TPSA) is 45.7 Å². The van der Waals surface area contributed by atoms with E-state index in [9.17, 15) is 0 Å². The summed E-state index contributed by atoms with van der Waals surface area (Å²) in [6.45, 7) is 0. The van der Waals surface area contributed by atoms with E-state index in [0.717, 1.165) is 0 Å². The third-order valence-corrected chi connectivity index (χ3v) is 1.07. The Morgan fingerprint density at radius 3 is 3.00 bits per heavy atom. The van der Waals surface area contributed by atoms with E-state index in [1.54, 1.807) is 12.1 Å². The smallest absolute Gasteiger partial charge is 0.210 e. The molecule has 0 saturated heterocycles. The molecule has 1 aromatic heterocycles. The molecular weight excluding hydrogens is 142 g/mol. The van der Waals surface area contributed by atoms with Crippen LogP contribution in [0.4, 0.5) is 0 Å². The molecule has 0 fully saturated rings. The minimum atomic E-state index is -0.0417. The standard InChI is InChI=1S/C5H4ClNO2/c6-5(7-8)4-2-1-3-9-4/h1-3,8H/b7-5+. The van der Waals surface area contributed by atoms with Crippen LogP contribution in [0.15, 0.2) is 28.0 Å². The van der Waals surface area contributed by atoms with Crippen molar-refractivity contribution >= 4 is 16.8 Å².